The number of hydrogen-bond acceptors (Lipinski definition) is 7. The monoisotopic (exact) mass is 432 g/mol. The van der Waals surface area contributed by atoms with Gasteiger partial charge in [-0.2, -0.15) is 5.26 Å². The van der Waals surface area contributed by atoms with Crippen LogP contribution in [0.5, 0.6) is 5.75 Å². The van der Waals surface area contributed by atoms with Gasteiger partial charge in [0.25, 0.3) is 0 Å². The molecule has 0 radical (unpaired) electrons. The second-order valence-corrected chi connectivity index (χ2v) is 6.81. The molecule has 0 aliphatic heterocycles. The topological polar surface area (TPSA) is 110 Å². The number of nitrogens with one attached hydrogen (secondary N) is 1. The van der Waals surface area contributed by atoms with Gasteiger partial charge in [0.15, 0.2) is 0 Å². The van der Waals surface area contributed by atoms with E-state index in [0.717, 1.165) is 6.20 Å². The van der Waals surface area contributed by atoms with E-state index in [4.69, 9.17) is 33.7 Å². The fourth-order valence-electron chi connectivity index (χ4n) is 2.88. The third-order valence-electron chi connectivity index (χ3n) is 4.21. The molecule has 2 heterocycles. The van der Waals surface area contributed by atoms with Gasteiger partial charge in [-0.15, -0.1) is 0 Å². The zero-order valence-electron chi connectivity index (χ0n) is 15.4. The number of methoxy groups -OCH3 is 1. The molecule has 1 atom stereocenters. The molecule has 1 aromatic carbocycles. The van der Waals surface area contributed by atoms with E-state index in [1.54, 1.807) is 6.07 Å². The number of rotatable bonds is 5. The molecule has 0 saturated carbocycles. The summed E-state index contributed by atoms with van der Waals surface area (Å²) in [5.41, 5.74) is 7.28. The van der Waals surface area contributed by atoms with Crippen molar-refractivity contribution in [2.75, 3.05) is 18.2 Å². The number of halogens is 3. The minimum atomic E-state index is -0.525. The number of nitrogens with zero attached hydrogens (tertiary/aromatic N) is 4. The van der Waals surface area contributed by atoms with Crippen molar-refractivity contribution < 1.29 is 9.13 Å². The van der Waals surface area contributed by atoms with Crippen LogP contribution < -0.4 is 15.8 Å². The first kappa shape index (κ1) is 20.6. The number of ether oxygens (including phenoxy) is 1. The van der Waals surface area contributed by atoms with Crippen LogP contribution in [0.3, 0.4) is 0 Å². The summed E-state index contributed by atoms with van der Waals surface area (Å²) in [7, 11) is 1.47. The van der Waals surface area contributed by atoms with Crippen LogP contribution in [0.2, 0.25) is 10.0 Å². The quantitative estimate of drug-likeness (QED) is 0.604. The molecule has 10 heteroatoms. The molecule has 148 valence electrons. The number of nitrogens with two attached hydrogens (primary N) is 1. The molecule has 0 aliphatic rings. The number of pyridine rings is 1. The molecule has 0 bridgehead atoms. The highest BCUT2D eigenvalue weighted by Crippen LogP contribution is 2.45. The van der Waals surface area contributed by atoms with Crippen LogP contribution >= 0.6 is 23.2 Å². The van der Waals surface area contributed by atoms with Crippen LogP contribution in [0.4, 0.5) is 16.0 Å². The molecule has 0 saturated heterocycles. The summed E-state index contributed by atoms with van der Waals surface area (Å²) in [4.78, 5) is 11.8. The molecule has 7 nitrogen and oxygen atoms in total. The maximum atomic E-state index is 13.7. The minimum absolute atomic E-state index is 0.0600. The Labute approximate surface area is 176 Å². The highest BCUT2D eigenvalue weighted by molar-refractivity contribution is 6.44. The lowest BCUT2D eigenvalue weighted by Crippen LogP contribution is -2.12. The molecule has 3 N–H and O–H groups in total. The van der Waals surface area contributed by atoms with Gasteiger partial charge >= 0.3 is 0 Å². The molecular weight excluding hydrogens is 418 g/mol. The molecule has 0 fully saturated rings. The maximum absolute atomic E-state index is 13.7. The van der Waals surface area contributed by atoms with Gasteiger partial charge in [0.1, 0.15) is 41.2 Å². The zero-order valence-corrected chi connectivity index (χ0v) is 16.9. The van der Waals surface area contributed by atoms with Crippen LogP contribution in [0, 0.1) is 17.1 Å². The molecule has 0 aliphatic carbocycles. The van der Waals surface area contributed by atoms with Crippen LogP contribution in [0.1, 0.15) is 24.1 Å². The van der Waals surface area contributed by atoms with Crippen molar-refractivity contribution in [3.63, 3.8) is 0 Å². The lowest BCUT2D eigenvalue weighted by Gasteiger charge is -2.22. The van der Waals surface area contributed by atoms with E-state index >= 15 is 0 Å². The third kappa shape index (κ3) is 4.01. The molecule has 3 rings (SSSR count). The van der Waals surface area contributed by atoms with E-state index in [2.05, 4.69) is 20.3 Å². The van der Waals surface area contributed by atoms with Crippen molar-refractivity contribution in [3.8, 4) is 22.9 Å². The first-order valence-corrected chi connectivity index (χ1v) is 9.06. The third-order valence-corrected chi connectivity index (χ3v) is 4.99. The van der Waals surface area contributed by atoms with Crippen LogP contribution in [0.25, 0.3) is 11.1 Å². The van der Waals surface area contributed by atoms with Crippen molar-refractivity contribution in [3.05, 3.63) is 57.8 Å². The van der Waals surface area contributed by atoms with Crippen molar-refractivity contribution in [2.45, 2.75) is 13.0 Å². The summed E-state index contributed by atoms with van der Waals surface area (Å²) in [6.45, 7) is 1.81. The van der Waals surface area contributed by atoms with Gasteiger partial charge in [0.2, 0.25) is 0 Å². The Morgan fingerprint density at radius 1 is 1.28 bits per heavy atom. The lowest BCUT2D eigenvalue weighted by atomic mass is 9.98. The van der Waals surface area contributed by atoms with Gasteiger partial charge in [0.05, 0.1) is 29.4 Å². The molecule has 0 amide bonds. The summed E-state index contributed by atoms with van der Waals surface area (Å²) >= 11 is 12.7. The highest BCUT2D eigenvalue weighted by Gasteiger charge is 2.23. The van der Waals surface area contributed by atoms with E-state index in [1.807, 2.05) is 13.0 Å². The Hall–Kier alpha value is -3.15. The van der Waals surface area contributed by atoms with Gasteiger partial charge in [-0.25, -0.2) is 14.4 Å². The average molecular weight is 433 g/mol. The smallest absolute Gasteiger partial charge is 0.150 e. The van der Waals surface area contributed by atoms with Gasteiger partial charge in [-0.3, -0.25) is 4.98 Å². The molecular formula is C19H15Cl2FN6O. The van der Waals surface area contributed by atoms with Gasteiger partial charge in [0, 0.05) is 22.9 Å². The number of nitriles is 1. The van der Waals surface area contributed by atoms with Gasteiger partial charge in [-0.05, 0) is 19.1 Å². The molecule has 0 spiro atoms. The van der Waals surface area contributed by atoms with E-state index in [9.17, 15) is 9.65 Å². The normalized spacial score (nSPS) is 11.6. The van der Waals surface area contributed by atoms with Gasteiger partial charge < -0.3 is 15.8 Å². The largest absolute Gasteiger partial charge is 0.496 e. The predicted octanol–water partition coefficient (Wildman–Crippen LogP) is 4.62. The summed E-state index contributed by atoms with van der Waals surface area (Å²) in [5.74, 6) is 0.176. The average Bonchev–Trinajstić information content (AvgIpc) is 2.69. The number of benzene rings is 1. The summed E-state index contributed by atoms with van der Waals surface area (Å²) in [6, 6.07) is 4.46. The fraction of sp³-hybridized carbons (Fsp3) is 0.158. The van der Waals surface area contributed by atoms with E-state index in [0.29, 0.717) is 22.4 Å². The van der Waals surface area contributed by atoms with Crippen LogP contribution in [-0.4, -0.2) is 22.1 Å². The first-order valence-electron chi connectivity index (χ1n) is 8.31. The maximum Gasteiger partial charge on any atom is 0.150 e. The number of nitrogen functional groups attached to an aromatic ring is 1. The van der Waals surface area contributed by atoms with Crippen molar-refractivity contribution in [1.29, 1.82) is 5.26 Å². The Bertz CT molecular complexity index is 1120. The van der Waals surface area contributed by atoms with Crippen molar-refractivity contribution >= 4 is 34.8 Å². The summed E-state index contributed by atoms with van der Waals surface area (Å²) < 4.78 is 19.3. The summed E-state index contributed by atoms with van der Waals surface area (Å²) in [5, 5.41) is 12.9. The first-order chi connectivity index (χ1) is 13.9. The Morgan fingerprint density at radius 3 is 2.69 bits per heavy atom. The number of aromatic nitrogens is 3. The van der Waals surface area contributed by atoms with Crippen LogP contribution in [-0.2, 0) is 0 Å². The standard InChI is InChI=1S/C19H15Cl2FN6O/c1-9(28-19-13(5-23)18(24)26-8-27-19)12-4-14(20)16(21)15(17(12)29-2)10-3-11(22)7-25-6-10/h3-4,6-9H,1-2H3,(H3,24,26,27,28). The Balaban J connectivity index is 2.13. The zero-order chi connectivity index (χ0) is 21.1. The number of hydrogen-bond donors (Lipinski definition) is 2. The van der Waals surface area contributed by atoms with E-state index in [-0.39, 0.29) is 27.2 Å². The molecule has 1 unspecified atom stereocenters. The Kier molecular flexibility index (Phi) is 6.01. The van der Waals surface area contributed by atoms with E-state index < -0.39 is 11.9 Å². The van der Waals surface area contributed by atoms with Crippen molar-refractivity contribution in [1.82, 2.24) is 15.0 Å². The fourth-order valence-corrected chi connectivity index (χ4v) is 3.34. The second-order valence-electron chi connectivity index (χ2n) is 6.02. The number of anilines is 2. The van der Waals surface area contributed by atoms with Crippen molar-refractivity contribution in [2.24, 2.45) is 0 Å². The molecule has 29 heavy (non-hydrogen) atoms. The highest BCUT2D eigenvalue weighted by atomic mass is 35.5. The predicted molar refractivity (Wildman–Crippen MR) is 109 cm³/mol. The SMILES string of the molecule is COc1c(C(C)Nc2ncnc(N)c2C#N)cc(Cl)c(Cl)c1-c1cncc(F)c1. The summed E-state index contributed by atoms with van der Waals surface area (Å²) in [6.07, 6.45) is 3.80. The molecule has 2 aromatic heterocycles. The van der Waals surface area contributed by atoms with Gasteiger partial charge in [-0.1, -0.05) is 23.2 Å². The second kappa shape index (κ2) is 8.47. The Morgan fingerprint density at radius 2 is 2.03 bits per heavy atom. The van der Waals surface area contributed by atoms with E-state index in [1.165, 1.54) is 25.7 Å². The lowest BCUT2D eigenvalue weighted by molar-refractivity contribution is 0.409. The van der Waals surface area contributed by atoms with Crippen LogP contribution in [0.15, 0.2) is 30.9 Å². The minimum Gasteiger partial charge on any atom is -0.496 e. The molecule has 3 aromatic rings.